The van der Waals surface area contributed by atoms with E-state index in [0.717, 1.165) is 30.0 Å². The molecule has 1 aliphatic heterocycles. The van der Waals surface area contributed by atoms with Crippen molar-refractivity contribution in [1.29, 1.82) is 0 Å². The summed E-state index contributed by atoms with van der Waals surface area (Å²) in [6, 6.07) is 12.4. The van der Waals surface area contributed by atoms with E-state index in [-0.39, 0.29) is 11.5 Å². The summed E-state index contributed by atoms with van der Waals surface area (Å²) in [7, 11) is 1.87. The average molecular weight is 437 g/mol. The lowest BCUT2D eigenvalue weighted by atomic mass is 10.0. The fourth-order valence-corrected chi connectivity index (χ4v) is 3.99. The molecule has 0 aliphatic carbocycles. The number of carbonyl (C=O) groups is 1. The molecule has 3 aromatic rings. The predicted octanol–water partition coefficient (Wildman–Crippen LogP) is 4.70. The van der Waals surface area contributed by atoms with Gasteiger partial charge < -0.3 is 15.4 Å². The Hall–Kier alpha value is -3.19. The monoisotopic (exact) mass is 436 g/mol. The third-order valence-electron chi connectivity index (χ3n) is 5.90. The van der Waals surface area contributed by atoms with Gasteiger partial charge in [0.05, 0.1) is 12.3 Å². The van der Waals surface area contributed by atoms with Crippen LogP contribution in [-0.2, 0) is 7.05 Å². The van der Waals surface area contributed by atoms with E-state index in [1.165, 1.54) is 25.3 Å². The minimum Gasteiger partial charge on any atom is -0.493 e. The van der Waals surface area contributed by atoms with Gasteiger partial charge in [0, 0.05) is 36.1 Å². The number of halogens is 1. The van der Waals surface area contributed by atoms with Crippen LogP contribution in [0.25, 0.3) is 11.3 Å². The van der Waals surface area contributed by atoms with Crippen molar-refractivity contribution in [2.75, 3.05) is 18.5 Å². The Morgan fingerprint density at radius 1 is 1.25 bits per heavy atom. The molecule has 2 aromatic carbocycles. The largest absolute Gasteiger partial charge is 0.493 e. The van der Waals surface area contributed by atoms with Gasteiger partial charge in [0.2, 0.25) is 0 Å². The molecule has 0 saturated carbocycles. The minimum absolute atomic E-state index is 0.274. The zero-order valence-corrected chi connectivity index (χ0v) is 18.5. The summed E-state index contributed by atoms with van der Waals surface area (Å²) in [4.78, 5) is 12.6. The fraction of sp³-hybridized carbons (Fsp3) is 0.360. The second-order valence-electron chi connectivity index (χ2n) is 8.25. The number of anilines is 1. The van der Waals surface area contributed by atoms with E-state index in [0.29, 0.717) is 23.9 Å². The molecule has 1 atom stereocenters. The van der Waals surface area contributed by atoms with Crippen molar-refractivity contribution in [3.63, 3.8) is 0 Å². The van der Waals surface area contributed by atoms with Crippen molar-refractivity contribution in [3.8, 4) is 17.0 Å². The molecule has 7 heteroatoms. The molecule has 0 radical (unpaired) electrons. The number of aryl methyl sites for hydroxylation is 2. The van der Waals surface area contributed by atoms with Gasteiger partial charge in [0.25, 0.3) is 5.91 Å². The highest BCUT2D eigenvalue weighted by atomic mass is 19.1. The van der Waals surface area contributed by atoms with Crippen LogP contribution in [0.5, 0.6) is 5.75 Å². The first kappa shape index (κ1) is 22.0. The number of piperidine rings is 1. The molecule has 168 valence electrons. The summed E-state index contributed by atoms with van der Waals surface area (Å²) in [5, 5.41) is 10.7. The highest BCUT2D eigenvalue weighted by Crippen LogP contribution is 2.33. The number of rotatable bonds is 7. The molecule has 0 spiro atoms. The van der Waals surface area contributed by atoms with Crippen LogP contribution in [0, 0.1) is 12.7 Å². The zero-order valence-electron chi connectivity index (χ0n) is 18.5. The number of benzene rings is 2. The maximum absolute atomic E-state index is 13.9. The highest BCUT2D eigenvalue weighted by molar-refractivity contribution is 6.04. The van der Waals surface area contributed by atoms with Crippen LogP contribution >= 0.6 is 0 Å². The van der Waals surface area contributed by atoms with Gasteiger partial charge in [0.1, 0.15) is 11.6 Å². The van der Waals surface area contributed by atoms with Crippen molar-refractivity contribution >= 4 is 11.6 Å². The van der Waals surface area contributed by atoms with Crippen molar-refractivity contribution in [2.24, 2.45) is 7.05 Å². The number of ether oxygens (including phenoxy) is 1. The number of hydrogen-bond donors (Lipinski definition) is 2. The SMILES string of the molecule is Cc1ccc(C(=O)Nc2ccc(OCCC3CCCCN3)c(-c3ccnn3C)c2)cc1F. The molecule has 1 unspecified atom stereocenters. The van der Waals surface area contributed by atoms with Gasteiger partial charge in [-0.05, 0) is 74.7 Å². The highest BCUT2D eigenvalue weighted by Gasteiger charge is 2.16. The van der Waals surface area contributed by atoms with Gasteiger partial charge in [-0.2, -0.15) is 5.10 Å². The van der Waals surface area contributed by atoms with Crippen molar-refractivity contribution in [2.45, 2.75) is 38.6 Å². The van der Waals surface area contributed by atoms with Crippen LogP contribution in [0.3, 0.4) is 0 Å². The Morgan fingerprint density at radius 2 is 2.12 bits per heavy atom. The predicted molar refractivity (Wildman–Crippen MR) is 123 cm³/mol. The Morgan fingerprint density at radius 3 is 2.84 bits per heavy atom. The smallest absolute Gasteiger partial charge is 0.255 e. The molecule has 32 heavy (non-hydrogen) atoms. The van der Waals surface area contributed by atoms with E-state index in [9.17, 15) is 9.18 Å². The molecule has 1 aliphatic rings. The average Bonchev–Trinajstić information content (AvgIpc) is 3.23. The van der Waals surface area contributed by atoms with Crippen molar-refractivity contribution < 1.29 is 13.9 Å². The summed E-state index contributed by atoms with van der Waals surface area (Å²) >= 11 is 0. The third-order valence-corrected chi connectivity index (χ3v) is 5.90. The molecule has 1 saturated heterocycles. The van der Waals surface area contributed by atoms with Crippen molar-refractivity contribution in [1.82, 2.24) is 15.1 Å². The summed E-state index contributed by atoms with van der Waals surface area (Å²) in [5.74, 6) is -0.0230. The van der Waals surface area contributed by atoms with Gasteiger partial charge in [-0.25, -0.2) is 4.39 Å². The first-order chi connectivity index (χ1) is 15.5. The lowest BCUT2D eigenvalue weighted by Gasteiger charge is -2.23. The van der Waals surface area contributed by atoms with E-state index < -0.39 is 5.82 Å². The quantitative estimate of drug-likeness (QED) is 0.563. The topological polar surface area (TPSA) is 68.2 Å². The molecule has 2 N–H and O–H groups in total. The zero-order chi connectivity index (χ0) is 22.5. The Kier molecular flexibility index (Phi) is 6.85. The van der Waals surface area contributed by atoms with E-state index in [2.05, 4.69) is 15.7 Å². The van der Waals surface area contributed by atoms with Crippen molar-refractivity contribution in [3.05, 3.63) is 65.6 Å². The molecule has 4 rings (SSSR count). The standard InChI is InChI=1S/C25H29FN4O2/c1-17-6-7-18(15-22(17)26)25(31)29-20-8-9-24(21(16-20)23-10-13-28-30(23)2)32-14-11-19-5-3-4-12-27-19/h6-10,13,15-16,19,27H,3-5,11-12,14H2,1-2H3,(H,29,31). The third kappa shape index (κ3) is 5.16. The second kappa shape index (κ2) is 9.96. The minimum atomic E-state index is -0.399. The maximum atomic E-state index is 13.9. The number of nitrogens with one attached hydrogen (secondary N) is 2. The first-order valence-electron chi connectivity index (χ1n) is 11.1. The number of hydrogen-bond acceptors (Lipinski definition) is 4. The van der Waals surface area contributed by atoms with Gasteiger partial charge in [-0.1, -0.05) is 12.5 Å². The van der Waals surface area contributed by atoms with Gasteiger partial charge >= 0.3 is 0 Å². The Balaban J connectivity index is 1.52. The molecule has 6 nitrogen and oxygen atoms in total. The van der Waals surface area contributed by atoms with Crippen LogP contribution in [0.4, 0.5) is 10.1 Å². The molecule has 0 bridgehead atoms. The first-order valence-corrected chi connectivity index (χ1v) is 11.1. The molecule has 2 heterocycles. The van der Waals surface area contributed by atoms with Gasteiger partial charge in [-0.15, -0.1) is 0 Å². The number of nitrogens with zero attached hydrogens (tertiary/aromatic N) is 2. The molecule has 1 aromatic heterocycles. The van der Waals surface area contributed by atoms with Gasteiger partial charge in [0.15, 0.2) is 0 Å². The maximum Gasteiger partial charge on any atom is 0.255 e. The summed E-state index contributed by atoms with van der Waals surface area (Å²) < 4.78 is 21.8. The van der Waals surface area contributed by atoms with E-state index >= 15 is 0 Å². The lowest BCUT2D eigenvalue weighted by molar-refractivity contribution is 0.102. The van der Waals surface area contributed by atoms with E-state index in [1.54, 1.807) is 36.0 Å². The number of aromatic nitrogens is 2. The Labute approximate surface area is 187 Å². The molecule has 1 fully saturated rings. The molecular formula is C25H29FN4O2. The molecule has 1 amide bonds. The second-order valence-corrected chi connectivity index (χ2v) is 8.25. The van der Waals surface area contributed by atoms with E-state index in [1.807, 2.05) is 25.2 Å². The normalized spacial score (nSPS) is 16.0. The number of amides is 1. The lowest BCUT2D eigenvalue weighted by Crippen LogP contribution is -2.35. The van der Waals surface area contributed by atoms with Gasteiger partial charge in [-0.3, -0.25) is 9.48 Å². The van der Waals surface area contributed by atoms with Crippen LogP contribution in [0.1, 0.15) is 41.6 Å². The summed E-state index contributed by atoms with van der Waals surface area (Å²) in [5.41, 5.74) is 3.11. The number of carbonyl (C=O) groups excluding carboxylic acids is 1. The van der Waals surface area contributed by atoms with Crippen LogP contribution in [-0.4, -0.2) is 34.9 Å². The fourth-order valence-electron chi connectivity index (χ4n) is 3.99. The van der Waals surface area contributed by atoms with E-state index in [4.69, 9.17) is 4.74 Å². The summed E-state index contributed by atoms with van der Waals surface area (Å²) in [6.45, 7) is 3.35. The molecular weight excluding hydrogens is 407 g/mol. The van der Waals surface area contributed by atoms with Crippen LogP contribution in [0.15, 0.2) is 48.7 Å². The Bertz CT molecular complexity index is 1090. The summed E-state index contributed by atoms with van der Waals surface area (Å²) in [6.07, 6.45) is 6.36. The van der Waals surface area contributed by atoms with Crippen LogP contribution in [0.2, 0.25) is 0 Å². The van der Waals surface area contributed by atoms with Crippen LogP contribution < -0.4 is 15.4 Å².